The van der Waals surface area contributed by atoms with Gasteiger partial charge >= 0.3 is 0 Å². The van der Waals surface area contributed by atoms with Crippen LogP contribution in [0.1, 0.15) is 55.9 Å². The van der Waals surface area contributed by atoms with E-state index in [1.54, 1.807) is 11.3 Å². The van der Waals surface area contributed by atoms with Crippen LogP contribution in [-0.4, -0.2) is 0 Å². The van der Waals surface area contributed by atoms with Crippen LogP contribution in [0, 0.1) is 23.2 Å². The van der Waals surface area contributed by atoms with Gasteiger partial charge in [0.1, 0.15) is 0 Å². The average Bonchev–Trinajstić information content (AvgIpc) is 2.66. The third kappa shape index (κ3) is 2.55. The van der Waals surface area contributed by atoms with E-state index < -0.39 is 0 Å². The summed E-state index contributed by atoms with van der Waals surface area (Å²) in [5.41, 5.74) is 1.86. The van der Waals surface area contributed by atoms with Crippen molar-refractivity contribution in [2.45, 2.75) is 50.3 Å². The van der Waals surface area contributed by atoms with Crippen LogP contribution < -0.4 is 0 Å². The van der Waals surface area contributed by atoms with E-state index in [1.165, 1.54) is 58.1 Å². The SMILES string of the molecule is ClC(CC12CC3CC(CC(C3)C1)C2)c1cc(Br)sc1Br. The monoisotopic (exact) mass is 436 g/mol. The fourth-order valence-corrected chi connectivity index (χ4v) is 9.27. The maximum atomic E-state index is 6.82. The molecule has 1 aromatic heterocycles. The van der Waals surface area contributed by atoms with Crippen molar-refractivity contribution in [1.29, 1.82) is 0 Å². The topological polar surface area (TPSA) is 0 Å². The van der Waals surface area contributed by atoms with Crippen molar-refractivity contribution < 1.29 is 0 Å². The molecule has 0 N–H and O–H groups in total. The zero-order valence-electron chi connectivity index (χ0n) is 11.4. The highest BCUT2D eigenvalue weighted by Crippen LogP contribution is 2.63. The first-order chi connectivity index (χ1) is 9.53. The molecule has 110 valence electrons. The summed E-state index contributed by atoms with van der Waals surface area (Å²) >= 11 is 15.8. The molecule has 0 nitrogen and oxygen atoms in total. The van der Waals surface area contributed by atoms with Gasteiger partial charge in [0.15, 0.2) is 0 Å². The Balaban J connectivity index is 1.55. The van der Waals surface area contributed by atoms with E-state index >= 15 is 0 Å². The van der Waals surface area contributed by atoms with Gasteiger partial charge < -0.3 is 0 Å². The lowest BCUT2D eigenvalue weighted by Gasteiger charge is -2.57. The van der Waals surface area contributed by atoms with E-state index in [-0.39, 0.29) is 5.38 Å². The van der Waals surface area contributed by atoms with Crippen molar-refractivity contribution in [3.63, 3.8) is 0 Å². The molecule has 0 amide bonds. The van der Waals surface area contributed by atoms with E-state index in [4.69, 9.17) is 11.6 Å². The fourth-order valence-electron chi connectivity index (χ4n) is 5.60. The Morgan fingerprint density at radius 2 is 1.70 bits per heavy atom. The third-order valence-corrected chi connectivity index (χ3v) is 8.57. The molecule has 1 aromatic rings. The molecule has 0 aliphatic heterocycles. The molecule has 4 saturated carbocycles. The third-order valence-electron chi connectivity index (χ3n) is 5.80. The molecule has 4 fully saturated rings. The number of thiophene rings is 1. The number of rotatable bonds is 3. The lowest BCUT2D eigenvalue weighted by molar-refractivity contribution is -0.0576. The maximum Gasteiger partial charge on any atom is 0.0757 e. The molecule has 1 atom stereocenters. The Bertz CT molecular complexity index is 489. The second-order valence-corrected chi connectivity index (χ2v) is 11.6. The predicted molar refractivity (Wildman–Crippen MR) is 93.5 cm³/mol. The van der Waals surface area contributed by atoms with Gasteiger partial charge in [-0.15, -0.1) is 22.9 Å². The summed E-state index contributed by atoms with van der Waals surface area (Å²) in [6, 6.07) is 2.20. The van der Waals surface area contributed by atoms with Gasteiger partial charge in [0.2, 0.25) is 0 Å². The lowest BCUT2D eigenvalue weighted by Crippen LogP contribution is -2.46. The second-order valence-electron chi connectivity index (χ2n) is 7.37. The smallest absolute Gasteiger partial charge is 0.0757 e. The summed E-state index contributed by atoms with van der Waals surface area (Å²) in [5, 5.41) is 0.170. The predicted octanol–water partition coefficient (Wildman–Crippen LogP) is 7.16. The Kier molecular flexibility index (Phi) is 3.81. The van der Waals surface area contributed by atoms with Gasteiger partial charge in [-0.2, -0.15) is 0 Å². The molecule has 0 spiro atoms. The normalized spacial score (nSPS) is 40.2. The average molecular weight is 439 g/mol. The quantitative estimate of drug-likeness (QED) is 0.439. The fraction of sp³-hybridized carbons (Fsp3) is 0.750. The molecule has 0 saturated heterocycles. The van der Waals surface area contributed by atoms with Crippen LogP contribution in [0.15, 0.2) is 13.6 Å². The van der Waals surface area contributed by atoms with Crippen LogP contribution in [-0.2, 0) is 0 Å². The minimum absolute atomic E-state index is 0.170. The maximum absolute atomic E-state index is 6.82. The number of hydrogen-bond donors (Lipinski definition) is 0. The Hall–Kier alpha value is 0.950. The van der Waals surface area contributed by atoms with Crippen LogP contribution in [0.5, 0.6) is 0 Å². The summed E-state index contributed by atoms with van der Waals surface area (Å²) < 4.78 is 2.38. The number of alkyl halides is 1. The van der Waals surface area contributed by atoms with Crippen LogP contribution in [0.25, 0.3) is 0 Å². The molecule has 1 heterocycles. The summed E-state index contributed by atoms with van der Waals surface area (Å²) in [6.07, 6.45) is 10.1. The molecule has 4 aliphatic carbocycles. The standard InChI is InChI=1S/C16H19Br2ClS/c17-14-4-12(15(18)20-14)13(19)8-16-5-9-1-10(6-16)3-11(2-9)7-16/h4,9-11,13H,1-3,5-8H2. The van der Waals surface area contributed by atoms with Crippen molar-refractivity contribution in [3.05, 3.63) is 19.2 Å². The van der Waals surface area contributed by atoms with E-state index in [0.717, 1.165) is 17.8 Å². The summed E-state index contributed by atoms with van der Waals surface area (Å²) in [5.74, 6) is 3.05. The molecule has 5 rings (SSSR count). The van der Waals surface area contributed by atoms with Crippen molar-refractivity contribution in [3.8, 4) is 0 Å². The van der Waals surface area contributed by atoms with Gasteiger partial charge in [-0.25, -0.2) is 0 Å². The van der Waals surface area contributed by atoms with Gasteiger partial charge in [0.05, 0.1) is 12.9 Å². The molecule has 20 heavy (non-hydrogen) atoms. The summed E-state index contributed by atoms with van der Waals surface area (Å²) in [7, 11) is 0. The first-order valence-electron chi connectivity index (χ1n) is 7.62. The molecular formula is C16H19Br2ClS. The van der Waals surface area contributed by atoms with E-state index in [2.05, 4.69) is 37.9 Å². The van der Waals surface area contributed by atoms with Crippen molar-refractivity contribution >= 4 is 54.8 Å². The summed E-state index contributed by atoms with van der Waals surface area (Å²) in [4.78, 5) is 0. The van der Waals surface area contributed by atoms with Crippen molar-refractivity contribution in [1.82, 2.24) is 0 Å². The number of halogens is 3. The van der Waals surface area contributed by atoms with E-state index in [0.29, 0.717) is 5.41 Å². The van der Waals surface area contributed by atoms with Gasteiger partial charge in [-0.3, -0.25) is 0 Å². The van der Waals surface area contributed by atoms with Gasteiger partial charge in [-0.1, -0.05) is 0 Å². The lowest BCUT2D eigenvalue weighted by atomic mass is 9.48. The molecule has 0 radical (unpaired) electrons. The van der Waals surface area contributed by atoms with Crippen LogP contribution >= 0.6 is 54.8 Å². The highest BCUT2D eigenvalue weighted by atomic mass is 79.9. The Labute approximate surface area is 146 Å². The molecule has 4 aliphatic rings. The van der Waals surface area contributed by atoms with E-state index in [9.17, 15) is 0 Å². The minimum Gasteiger partial charge on any atom is -0.121 e. The first-order valence-corrected chi connectivity index (χ1v) is 10.5. The van der Waals surface area contributed by atoms with E-state index in [1.807, 2.05) is 0 Å². The minimum atomic E-state index is 0.170. The molecule has 4 bridgehead atoms. The zero-order chi connectivity index (χ0) is 13.9. The number of hydrogen-bond acceptors (Lipinski definition) is 1. The molecule has 1 unspecified atom stereocenters. The molecule has 0 aromatic carbocycles. The Morgan fingerprint density at radius 3 is 2.15 bits per heavy atom. The van der Waals surface area contributed by atoms with Crippen LogP contribution in [0.4, 0.5) is 0 Å². The highest BCUT2D eigenvalue weighted by molar-refractivity contribution is 9.12. The van der Waals surface area contributed by atoms with Crippen LogP contribution in [0.3, 0.4) is 0 Å². The second kappa shape index (κ2) is 5.25. The van der Waals surface area contributed by atoms with Crippen molar-refractivity contribution in [2.75, 3.05) is 0 Å². The van der Waals surface area contributed by atoms with Gasteiger partial charge in [-0.05, 0) is 112 Å². The van der Waals surface area contributed by atoms with Gasteiger partial charge in [0.25, 0.3) is 0 Å². The largest absolute Gasteiger partial charge is 0.121 e. The molecule has 4 heteroatoms. The van der Waals surface area contributed by atoms with Gasteiger partial charge in [0, 0.05) is 0 Å². The van der Waals surface area contributed by atoms with Crippen LogP contribution in [0.2, 0.25) is 0 Å². The first kappa shape index (κ1) is 14.5. The summed E-state index contributed by atoms with van der Waals surface area (Å²) in [6.45, 7) is 0. The molecular weight excluding hydrogens is 420 g/mol. The zero-order valence-corrected chi connectivity index (χ0v) is 16.1. The highest BCUT2D eigenvalue weighted by Gasteiger charge is 2.51. The van der Waals surface area contributed by atoms with Crippen molar-refractivity contribution in [2.24, 2.45) is 23.2 Å². The Morgan fingerprint density at radius 1 is 1.15 bits per heavy atom.